The summed E-state index contributed by atoms with van der Waals surface area (Å²) in [6.45, 7) is 1.77. The van der Waals surface area contributed by atoms with Gasteiger partial charge < -0.3 is 9.47 Å². The molecule has 1 aromatic rings. The molecule has 1 saturated heterocycles. The first-order valence-corrected chi connectivity index (χ1v) is 7.41. The van der Waals surface area contributed by atoms with Crippen LogP contribution in [0.2, 0.25) is 0 Å². The highest BCUT2D eigenvalue weighted by molar-refractivity contribution is 5.97. The highest BCUT2D eigenvalue weighted by Crippen LogP contribution is 2.29. The lowest BCUT2D eigenvalue weighted by Gasteiger charge is -2.37. The van der Waals surface area contributed by atoms with Crippen LogP contribution in [-0.4, -0.2) is 49.6 Å². The van der Waals surface area contributed by atoms with Crippen LogP contribution in [-0.2, 0) is 4.74 Å². The van der Waals surface area contributed by atoms with Crippen LogP contribution in [0.3, 0.4) is 0 Å². The fourth-order valence-corrected chi connectivity index (χ4v) is 3.32. The van der Waals surface area contributed by atoms with Crippen molar-refractivity contribution in [1.29, 1.82) is 0 Å². The number of hydrogen-bond donors (Lipinski definition) is 0. The van der Waals surface area contributed by atoms with Crippen molar-refractivity contribution in [1.82, 2.24) is 4.90 Å². The summed E-state index contributed by atoms with van der Waals surface area (Å²) in [6.07, 6.45) is 3.57. The summed E-state index contributed by atoms with van der Waals surface area (Å²) >= 11 is 0. The molecule has 4 nitrogen and oxygen atoms in total. The quantitative estimate of drug-likeness (QED) is 0.798. The average Bonchev–Trinajstić information content (AvgIpc) is 2.96. The van der Waals surface area contributed by atoms with Crippen molar-refractivity contribution in [2.45, 2.75) is 31.4 Å². The molecule has 2 aliphatic rings. The smallest absolute Gasteiger partial charge is 0.176 e. The molecular formula is C16H20FNO3. The van der Waals surface area contributed by atoms with E-state index in [1.54, 1.807) is 6.07 Å². The summed E-state index contributed by atoms with van der Waals surface area (Å²) in [4.78, 5) is 14.5. The van der Waals surface area contributed by atoms with Gasteiger partial charge in [0.25, 0.3) is 0 Å². The van der Waals surface area contributed by atoms with E-state index in [2.05, 4.69) is 4.90 Å². The largest absolute Gasteiger partial charge is 0.494 e. The van der Waals surface area contributed by atoms with E-state index in [1.165, 1.54) is 19.2 Å². The van der Waals surface area contributed by atoms with Crippen LogP contribution >= 0.6 is 0 Å². The molecule has 1 heterocycles. The molecule has 1 saturated carbocycles. The number of hydrogen-bond acceptors (Lipinski definition) is 4. The maximum Gasteiger partial charge on any atom is 0.176 e. The zero-order chi connectivity index (χ0) is 14.8. The number of methoxy groups -OCH3 is 1. The van der Waals surface area contributed by atoms with E-state index in [0.29, 0.717) is 24.8 Å². The zero-order valence-electron chi connectivity index (χ0n) is 12.2. The number of nitrogens with zero attached hydrogens (tertiary/aromatic N) is 1. The lowest BCUT2D eigenvalue weighted by molar-refractivity contribution is -0.0522. The first-order valence-electron chi connectivity index (χ1n) is 7.41. The van der Waals surface area contributed by atoms with E-state index in [-0.39, 0.29) is 17.6 Å². The first kappa shape index (κ1) is 14.5. The number of benzene rings is 1. The van der Waals surface area contributed by atoms with Gasteiger partial charge in [-0.25, -0.2) is 4.39 Å². The predicted molar refractivity (Wildman–Crippen MR) is 76.2 cm³/mol. The summed E-state index contributed by atoms with van der Waals surface area (Å²) in [5.41, 5.74) is 0.398. The molecule has 21 heavy (non-hydrogen) atoms. The molecule has 1 aromatic carbocycles. The molecule has 0 aromatic heterocycles. The maximum atomic E-state index is 13.7. The Kier molecular flexibility index (Phi) is 4.22. The molecule has 5 heteroatoms. The van der Waals surface area contributed by atoms with Crippen LogP contribution in [0.15, 0.2) is 18.2 Å². The highest BCUT2D eigenvalue weighted by Gasteiger charge is 2.36. The number of morpholine rings is 1. The first-order chi connectivity index (χ1) is 10.2. The number of Topliss-reactive ketones (excluding diaryl/α,β-unsaturated/α-hetero) is 1. The second kappa shape index (κ2) is 6.12. The summed E-state index contributed by atoms with van der Waals surface area (Å²) in [6, 6.07) is 4.72. The molecule has 1 aliphatic carbocycles. The van der Waals surface area contributed by atoms with Crippen molar-refractivity contribution >= 4 is 5.78 Å². The van der Waals surface area contributed by atoms with Gasteiger partial charge in [-0.1, -0.05) is 0 Å². The number of rotatable bonds is 4. The third-order valence-electron chi connectivity index (χ3n) is 4.42. The number of fused-ring (bicyclic) bond motifs is 1. The molecule has 2 atom stereocenters. The Bertz CT molecular complexity index is 534. The van der Waals surface area contributed by atoms with Gasteiger partial charge in [0.05, 0.1) is 26.4 Å². The maximum absolute atomic E-state index is 13.7. The van der Waals surface area contributed by atoms with Crippen LogP contribution in [0.1, 0.15) is 29.6 Å². The van der Waals surface area contributed by atoms with Crippen LogP contribution in [0.5, 0.6) is 5.75 Å². The average molecular weight is 293 g/mol. The molecule has 2 unspecified atom stereocenters. The Hall–Kier alpha value is -1.46. The minimum Gasteiger partial charge on any atom is -0.494 e. The van der Waals surface area contributed by atoms with Gasteiger partial charge >= 0.3 is 0 Å². The second-order valence-corrected chi connectivity index (χ2v) is 5.65. The minimum atomic E-state index is -0.496. The second-order valence-electron chi connectivity index (χ2n) is 5.65. The fourth-order valence-electron chi connectivity index (χ4n) is 3.32. The van der Waals surface area contributed by atoms with E-state index in [4.69, 9.17) is 9.47 Å². The molecule has 0 N–H and O–H groups in total. The van der Waals surface area contributed by atoms with Crippen LogP contribution < -0.4 is 4.74 Å². The Morgan fingerprint density at radius 1 is 1.48 bits per heavy atom. The number of carbonyl (C=O) groups is 1. The standard InChI is InChI=1S/C16H20FNO3/c1-20-15-6-5-11(9-12(15)17)14(19)10-18-7-8-21-16-4-2-3-13(16)18/h5-6,9,13,16H,2-4,7-8,10H2,1H3. The summed E-state index contributed by atoms with van der Waals surface area (Å²) in [5.74, 6) is -0.387. The van der Waals surface area contributed by atoms with Crippen molar-refractivity contribution < 1.29 is 18.7 Å². The van der Waals surface area contributed by atoms with E-state index >= 15 is 0 Å². The van der Waals surface area contributed by atoms with Gasteiger partial charge in [-0.2, -0.15) is 0 Å². The lowest BCUT2D eigenvalue weighted by Crippen LogP contribution is -2.50. The van der Waals surface area contributed by atoms with E-state index in [1.807, 2.05) is 0 Å². The number of halogens is 1. The minimum absolute atomic E-state index is 0.0518. The van der Waals surface area contributed by atoms with Gasteiger partial charge in [0.15, 0.2) is 17.3 Å². The van der Waals surface area contributed by atoms with Crippen molar-refractivity contribution in [3.05, 3.63) is 29.6 Å². The van der Waals surface area contributed by atoms with E-state index in [0.717, 1.165) is 25.8 Å². The van der Waals surface area contributed by atoms with Crippen molar-refractivity contribution in [3.63, 3.8) is 0 Å². The fraction of sp³-hybridized carbons (Fsp3) is 0.562. The SMILES string of the molecule is COc1ccc(C(=O)CN2CCOC3CCCC32)cc1F. The van der Waals surface area contributed by atoms with Gasteiger partial charge in [-0.3, -0.25) is 9.69 Å². The molecular weight excluding hydrogens is 273 g/mol. The third kappa shape index (κ3) is 2.94. The molecule has 0 spiro atoms. The van der Waals surface area contributed by atoms with Gasteiger partial charge in [0.1, 0.15) is 0 Å². The molecule has 0 amide bonds. The lowest BCUT2D eigenvalue weighted by atomic mass is 10.1. The van der Waals surface area contributed by atoms with Crippen molar-refractivity contribution in [2.75, 3.05) is 26.8 Å². The zero-order valence-corrected chi connectivity index (χ0v) is 12.2. The number of ketones is 1. The van der Waals surface area contributed by atoms with Crippen LogP contribution in [0.25, 0.3) is 0 Å². The highest BCUT2D eigenvalue weighted by atomic mass is 19.1. The summed E-state index contributed by atoms with van der Waals surface area (Å²) < 4.78 is 24.3. The topological polar surface area (TPSA) is 38.8 Å². The molecule has 0 radical (unpaired) electrons. The molecule has 114 valence electrons. The monoisotopic (exact) mass is 293 g/mol. The molecule has 1 aliphatic heterocycles. The van der Waals surface area contributed by atoms with Gasteiger partial charge in [0.2, 0.25) is 0 Å². The van der Waals surface area contributed by atoms with Crippen LogP contribution in [0.4, 0.5) is 4.39 Å². The van der Waals surface area contributed by atoms with Gasteiger partial charge in [-0.15, -0.1) is 0 Å². The summed E-state index contributed by atoms with van der Waals surface area (Å²) in [5, 5.41) is 0. The normalized spacial score (nSPS) is 25.6. The third-order valence-corrected chi connectivity index (χ3v) is 4.42. The molecule has 0 bridgehead atoms. The van der Waals surface area contributed by atoms with Crippen LogP contribution in [0, 0.1) is 5.82 Å². The van der Waals surface area contributed by atoms with E-state index < -0.39 is 5.82 Å². The number of ether oxygens (including phenoxy) is 2. The van der Waals surface area contributed by atoms with Crippen molar-refractivity contribution in [2.24, 2.45) is 0 Å². The summed E-state index contributed by atoms with van der Waals surface area (Å²) in [7, 11) is 1.41. The Morgan fingerprint density at radius 3 is 3.10 bits per heavy atom. The molecule has 3 rings (SSSR count). The van der Waals surface area contributed by atoms with Gasteiger partial charge in [-0.05, 0) is 37.5 Å². The number of carbonyl (C=O) groups excluding carboxylic acids is 1. The molecule has 2 fully saturated rings. The Labute approximate surface area is 123 Å². The van der Waals surface area contributed by atoms with Crippen molar-refractivity contribution in [3.8, 4) is 5.75 Å². The predicted octanol–water partition coefficient (Wildman–Crippen LogP) is 2.27. The van der Waals surface area contributed by atoms with E-state index in [9.17, 15) is 9.18 Å². The van der Waals surface area contributed by atoms with Gasteiger partial charge in [0, 0.05) is 18.2 Å². The Balaban J connectivity index is 1.69. The Morgan fingerprint density at radius 2 is 2.33 bits per heavy atom.